The van der Waals surface area contributed by atoms with Gasteiger partial charge in [-0.05, 0) is 58.7 Å². The third kappa shape index (κ3) is 4.59. The summed E-state index contributed by atoms with van der Waals surface area (Å²) in [6.07, 6.45) is 12.8. The van der Waals surface area contributed by atoms with E-state index in [9.17, 15) is 0 Å². The fourth-order valence-corrected chi connectivity index (χ4v) is 3.40. The van der Waals surface area contributed by atoms with Crippen molar-refractivity contribution >= 4 is 0 Å². The Hall–Kier alpha value is -0.0800. The maximum atomic E-state index is 3.69. The van der Waals surface area contributed by atoms with Gasteiger partial charge in [-0.1, -0.05) is 25.7 Å². The van der Waals surface area contributed by atoms with Gasteiger partial charge in [-0.3, -0.25) is 0 Å². The van der Waals surface area contributed by atoms with E-state index in [1.165, 1.54) is 77.4 Å². The Morgan fingerprint density at radius 3 is 2.35 bits per heavy atom. The van der Waals surface area contributed by atoms with Gasteiger partial charge in [0.15, 0.2) is 0 Å². The molecule has 0 bridgehead atoms. The van der Waals surface area contributed by atoms with Crippen molar-refractivity contribution in [2.24, 2.45) is 0 Å². The molecule has 0 spiro atoms. The van der Waals surface area contributed by atoms with E-state index < -0.39 is 0 Å². The number of nitrogens with one attached hydrogen (secondary N) is 1. The minimum Gasteiger partial charge on any atom is -0.314 e. The highest BCUT2D eigenvalue weighted by Crippen LogP contribution is 2.18. The summed E-state index contributed by atoms with van der Waals surface area (Å²) in [4.78, 5) is 2.75. The lowest BCUT2D eigenvalue weighted by Gasteiger charge is -2.34. The van der Waals surface area contributed by atoms with E-state index in [4.69, 9.17) is 0 Å². The molecule has 0 amide bonds. The van der Waals surface area contributed by atoms with Gasteiger partial charge in [0.2, 0.25) is 0 Å². The first-order chi connectivity index (χ1) is 8.36. The summed E-state index contributed by atoms with van der Waals surface area (Å²) in [5.74, 6) is 0. The Bertz CT molecular complexity index is 191. The summed E-state index contributed by atoms with van der Waals surface area (Å²) in [7, 11) is 0. The van der Waals surface area contributed by atoms with Crippen LogP contribution in [-0.4, -0.2) is 36.6 Å². The van der Waals surface area contributed by atoms with E-state index in [2.05, 4.69) is 17.1 Å². The van der Waals surface area contributed by atoms with Crippen LogP contribution in [0.5, 0.6) is 0 Å². The first kappa shape index (κ1) is 13.4. The van der Waals surface area contributed by atoms with Gasteiger partial charge >= 0.3 is 0 Å². The highest BCUT2D eigenvalue weighted by Gasteiger charge is 2.20. The van der Waals surface area contributed by atoms with Crippen LogP contribution in [0, 0.1) is 0 Å². The Balaban J connectivity index is 1.74. The van der Waals surface area contributed by atoms with Crippen molar-refractivity contribution in [1.29, 1.82) is 0 Å². The highest BCUT2D eigenvalue weighted by atomic mass is 15.1. The molecule has 2 saturated heterocycles. The fraction of sp³-hybridized carbons (Fsp3) is 1.00. The van der Waals surface area contributed by atoms with E-state index in [1.54, 1.807) is 0 Å². The zero-order valence-electron chi connectivity index (χ0n) is 11.6. The molecule has 2 heteroatoms. The van der Waals surface area contributed by atoms with Gasteiger partial charge < -0.3 is 10.2 Å². The average Bonchev–Trinajstić information content (AvgIpc) is 2.29. The van der Waals surface area contributed by atoms with Crippen molar-refractivity contribution in [1.82, 2.24) is 10.2 Å². The molecule has 2 fully saturated rings. The third-order valence-electron chi connectivity index (χ3n) is 4.55. The number of hydrogen-bond donors (Lipinski definition) is 1. The lowest BCUT2D eigenvalue weighted by molar-refractivity contribution is 0.165. The zero-order valence-corrected chi connectivity index (χ0v) is 11.6. The van der Waals surface area contributed by atoms with E-state index in [0.717, 1.165) is 12.1 Å². The molecule has 2 aliphatic rings. The molecule has 2 aliphatic heterocycles. The monoisotopic (exact) mass is 238 g/mol. The van der Waals surface area contributed by atoms with E-state index in [1.807, 2.05) is 0 Å². The number of nitrogens with zero attached hydrogens (tertiary/aromatic N) is 1. The van der Waals surface area contributed by atoms with Gasteiger partial charge in [-0.25, -0.2) is 0 Å². The molecular formula is C15H30N2. The molecule has 2 nitrogen and oxygen atoms in total. The molecule has 2 rings (SSSR count). The zero-order chi connectivity index (χ0) is 11.9. The predicted octanol–water partition coefficient (Wildman–Crippen LogP) is 3.17. The van der Waals surface area contributed by atoms with E-state index in [-0.39, 0.29) is 0 Å². The number of rotatable bonds is 3. The van der Waals surface area contributed by atoms with Gasteiger partial charge in [-0.15, -0.1) is 0 Å². The molecule has 2 unspecified atom stereocenters. The largest absolute Gasteiger partial charge is 0.314 e. The number of hydrogen-bond acceptors (Lipinski definition) is 2. The van der Waals surface area contributed by atoms with Crippen LogP contribution in [0.4, 0.5) is 0 Å². The fourth-order valence-electron chi connectivity index (χ4n) is 3.40. The summed E-state index contributed by atoms with van der Waals surface area (Å²) in [6, 6.07) is 1.58. The molecule has 0 radical (unpaired) electrons. The maximum absolute atomic E-state index is 3.69. The maximum Gasteiger partial charge on any atom is 0.00818 e. The molecule has 0 aromatic carbocycles. The van der Waals surface area contributed by atoms with Crippen molar-refractivity contribution in [3.8, 4) is 0 Å². The molecule has 2 heterocycles. The molecule has 0 aliphatic carbocycles. The van der Waals surface area contributed by atoms with Crippen LogP contribution in [0.3, 0.4) is 0 Å². The van der Waals surface area contributed by atoms with Crippen LogP contribution in [0.25, 0.3) is 0 Å². The highest BCUT2D eigenvalue weighted by molar-refractivity contribution is 4.79. The van der Waals surface area contributed by atoms with Gasteiger partial charge in [0.25, 0.3) is 0 Å². The lowest BCUT2D eigenvalue weighted by atomic mass is 9.97. The summed E-state index contributed by atoms with van der Waals surface area (Å²) in [5.41, 5.74) is 0. The van der Waals surface area contributed by atoms with Crippen LogP contribution in [-0.2, 0) is 0 Å². The molecule has 0 aromatic rings. The number of piperidine rings is 1. The van der Waals surface area contributed by atoms with Gasteiger partial charge in [0, 0.05) is 12.1 Å². The third-order valence-corrected chi connectivity index (χ3v) is 4.55. The molecule has 17 heavy (non-hydrogen) atoms. The summed E-state index contributed by atoms with van der Waals surface area (Å²) in [6.45, 7) is 6.37. The standard InChI is InChI=1S/C15H30N2/c1-14(13-15-9-5-6-10-16-15)17-11-7-3-2-4-8-12-17/h14-16H,2-13H2,1H3. The predicted molar refractivity (Wildman–Crippen MR) is 74.4 cm³/mol. The molecule has 1 N–H and O–H groups in total. The summed E-state index contributed by atoms with van der Waals surface area (Å²) >= 11 is 0. The van der Waals surface area contributed by atoms with Crippen LogP contribution in [0.2, 0.25) is 0 Å². The van der Waals surface area contributed by atoms with Crippen LogP contribution in [0.15, 0.2) is 0 Å². The Morgan fingerprint density at radius 1 is 1.00 bits per heavy atom. The van der Waals surface area contributed by atoms with E-state index >= 15 is 0 Å². The Labute approximate surface area is 107 Å². The van der Waals surface area contributed by atoms with Crippen molar-refractivity contribution in [2.45, 2.75) is 76.8 Å². The number of likely N-dealkylation sites (tertiary alicyclic amines) is 1. The lowest BCUT2D eigenvalue weighted by Crippen LogP contribution is -2.42. The molecular weight excluding hydrogens is 208 g/mol. The second-order valence-electron chi connectivity index (χ2n) is 6.04. The SMILES string of the molecule is CC(CC1CCCCN1)N1CCCCCCC1. The van der Waals surface area contributed by atoms with Crippen molar-refractivity contribution in [2.75, 3.05) is 19.6 Å². The van der Waals surface area contributed by atoms with Gasteiger partial charge in [0.1, 0.15) is 0 Å². The Morgan fingerprint density at radius 2 is 1.71 bits per heavy atom. The summed E-state index contributed by atoms with van der Waals surface area (Å²) in [5, 5.41) is 3.69. The van der Waals surface area contributed by atoms with Gasteiger partial charge in [-0.2, -0.15) is 0 Å². The van der Waals surface area contributed by atoms with Crippen molar-refractivity contribution < 1.29 is 0 Å². The quantitative estimate of drug-likeness (QED) is 0.812. The molecule has 100 valence electrons. The summed E-state index contributed by atoms with van der Waals surface area (Å²) < 4.78 is 0. The van der Waals surface area contributed by atoms with Gasteiger partial charge in [0.05, 0.1) is 0 Å². The molecule has 0 saturated carbocycles. The van der Waals surface area contributed by atoms with Crippen molar-refractivity contribution in [3.05, 3.63) is 0 Å². The second-order valence-corrected chi connectivity index (χ2v) is 6.04. The average molecular weight is 238 g/mol. The van der Waals surface area contributed by atoms with Crippen molar-refractivity contribution in [3.63, 3.8) is 0 Å². The first-order valence-electron chi connectivity index (χ1n) is 7.83. The first-order valence-corrected chi connectivity index (χ1v) is 7.83. The molecule has 2 atom stereocenters. The molecule has 0 aromatic heterocycles. The Kier molecular flexibility index (Phi) is 5.79. The van der Waals surface area contributed by atoms with E-state index in [0.29, 0.717) is 0 Å². The smallest absolute Gasteiger partial charge is 0.00818 e. The minimum absolute atomic E-state index is 0.781. The topological polar surface area (TPSA) is 15.3 Å². The normalized spacial score (nSPS) is 30.5. The second kappa shape index (κ2) is 7.38. The van der Waals surface area contributed by atoms with Crippen LogP contribution >= 0.6 is 0 Å². The minimum atomic E-state index is 0.781. The van der Waals surface area contributed by atoms with Crippen LogP contribution in [0.1, 0.15) is 64.7 Å². The van der Waals surface area contributed by atoms with Crippen LogP contribution < -0.4 is 5.32 Å².